The molecular weight excluding hydrogens is 284 g/mol. The van der Waals surface area contributed by atoms with Crippen LogP contribution in [-0.4, -0.2) is 19.0 Å². The van der Waals surface area contributed by atoms with Gasteiger partial charge in [-0.1, -0.05) is 62.4 Å². The van der Waals surface area contributed by atoms with Crippen LogP contribution < -0.4 is 10.6 Å². The van der Waals surface area contributed by atoms with Crippen LogP contribution in [0.1, 0.15) is 44.0 Å². The van der Waals surface area contributed by atoms with Crippen LogP contribution in [0.25, 0.3) is 0 Å². The van der Waals surface area contributed by atoms with Crippen LogP contribution in [-0.2, 0) is 6.54 Å². The lowest BCUT2D eigenvalue weighted by atomic mass is 10.2. The molecule has 0 aliphatic heterocycles. The van der Waals surface area contributed by atoms with E-state index < -0.39 is 0 Å². The fraction of sp³-hybridized carbons (Fsp3) is 0.350. The quantitative estimate of drug-likeness (QED) is 0.715. The molecule has 0 aliphatic rings. The summed E-state index contributed by atoms with van der Waals surface area (Å²) in [6, 6.07) is 19.7. The molecule has 0 spiro atoms. The largest absolute Gasteiger partial charge is 0.352 e. The molecule has 0 bridgehead atoms. The van der Waals surface area contributed by atoms with E-state index in [0.29, 0.717) is 0 Å². The number of carbonyl (C=O) groups is 1. The van der Waals surface area contributed by atoms with Gasteiger partial charge in [-0.3, -0.25) is 4.79 Å². The van der Waals surface area contributed by atoms with E-state index in [1.807, 2.05) is 50.2 Å². The van der Waals surface area contributed by atoms with Gasteiger partial charge in [-0.05, 0) is 37.1 Å². The molecule has 0 saturated carbocycles. The van der Waals surface area contributed by atoms with Crippen molar-refractivity contribution in [3.8, 4) is 0 Å². The van der Waals surface area contributed by atoms with E-state index >= 15 is 0 Å². The monoisotopic (exact) mass is 314 g/mol. The first kappa shape index (κ1) is 18.9. The highest BCUT2D eigenvalue weighted by Crippen LogP contribution is 1.99. The molecule has 2 N–H and O–H groups in total. The van der Waals surface area contributed by atoms with Gasteiger partial charge in [-0.25, -0.2) is 0 Å². The highest BCUT2D eigenvalue weighted by atomic mass is 16.1. The van der Waals surface area contributed by atoms with Crippen molar-refractivity contribution in [2.45, 2.75) is 33.2 Å². The summed E-state index contributed by atoms with van der Waals surface area (Å²) in [4.78, 5) is 11.8. The maximum Gasteiger partial charge on any atom is 0.251 e. The SMILES string of the molecule is CC.O=C(NCCCCNCc1ccccc1)c1ccccc1.[HH]. The minimum Gasteiger partial charge on any atom is -0.352 e. The molecule has 0 aromatic heterocycles. The number of hydrogen-bond acceptors (Lipinski definition) is 2. The lowest BCUT2D eigenvalue weighted by Crippen LogP contribution is -2.25. The van der Waals surface area contributed by atoms with Gasteiger partial charge in [0.05, 0.1) is 0 Å². The van der Waals surface area contributed by atoms with Crippen molar-refractivity contribution >= 4 is 5.91 Å². The van der Waals surface area contributed by atoms with E-state index in [0.717, 1.165) is 38.0 Å². The van der Waals surface area contributed by atoms with E-state index in [2.05, 4.69) is 34.9 Å². The molecule has 0 unspecified atom stereocenters. The van der Waals surface area contributed by atoms with Crippen molar-refractivity contribution in [3.05, 3.63) is 71.8 Å². The first-order valence-electron chi connectivity index (χ1n) is 8.44. The lowest BCUT2D eigenvalue weighted by Gasteiger charge is -2.06. The number of hydrogen-bond donors (Lipinski definition) is 2. The average Bonchev–Trinajstić information content (AvgIpc) is 2.64. The zero-order chi connectivity index (χ0) is 16.8. The summed E-state index contributed by atoms with van der Waals surface area (Å²) in [6.07, 6.45) is 2.04. The topological polar surface area (TPSA) is 41.1 Å². The highest BCUT2D eigenvalue weighted by molar-refractivity contribution is 5.94. The van der Waals surface area contributed by atoms with Crippen molar-refractivity contribution in [2.75, 3.05) is 13.1 Å². The Labute approximate surface area is 141 Å². The molecule has 23 heavy (non-hydrogen) atoms. The Balaban J connectivity index is 0.00000170. The Morgan fingerprint density at radius 1 is 0.870 bits per heavy atom. The number of unbranched alkanes of at least 4 members (excludes halogenated alkanes) is 1. The van der Waals surface area contributed by atoms with Crippen molar-refractivity contribution in [1.29, 1.82) is 0 Å². The van der Waals surface area contributed by atoms with E-state index in [1.54, 1.807) is 0 Å². The van der Waals surface area contributed by atoms with Crippen molar-refractivity contribution in [3.63, 3.8) is 0 Å². The molecule has 2 aromatic rings. The molecule has 3 heteroatoms. The Kier molecular flexibility index (Phi) is 10.2. The van der Waals surface area contributed by atoms with Gasteiger partial charge in [0.1, 0.15) is 0 Å². The first-order chi connectivity index (χ1) is 11.4. The molecule has 0 heterocycles. The zero-order valence-electron chi connectivity index (χ0n) is 14.2. The van der Waals surface area contributed by atoms with E-state index in [4.69, 9.17) is 0 Å². The second-order valence-electron chi connectivity index (χ2n) is 4.99. The molecule has 1 amide bonds. The number of carbonyl (C=O) groups excluding carboxylic acids is 1. The Hall–Kier alpha value is -2.13. The Morgan fingerprint density at radius 3 is 2.09 bits per heavy atom. The van der Waals surface area contributed by atoms with Gasteiger partial charge in [0.2, 0.25) is 0 Å². The molecule has 2 rings (SSSR count). The molecule has 0 atom stereocenters. The Bertz CT molecular complexity index is 532. The summed E-state index contributed by atoms with van der Waals surface area (Å²) in [6.45, 7) is 6.59. The van der Waals surface area contributed by atoms with Crippen LogP contribution >= 0.6 is 0 Å². The molecular formula is C20H30N2O. The second kappa shape index (κ2) is 12.4. The standard InChI is InChI=1S/C18H22N2O.C2H6.H2/c21-18(17-11-5-2-6-12-17)20-14-8-7-13-19-15-16-9-3-1-4-10-16;1-2;/h1-6,9-12,19H,7-8,13-15H2,(H,20,21);1-2H3;1H. The minimum absolute atomic E-state index is 0. The van der Waals surface area contributed by atoms with Gasteiger partial charge >= 0.3 is 0 Å². The number of rotatable bonds is 8. The Morgan fingerprint density at radius 2 is 1.43 bits per heavy atom. The second-order valence-corrected chi connectivity index (χ2v) is 4.99. The predicted octanol–water partition coefficient (Wildman–Crippen LogP) is 4.26. The molecule has 126 valence electrons. The van der Waals surface area contributed by atoms with Crippen molar-refractivity contribution < 1.29 is 6.22 Å². The first-order valence-corrected chi connectivity index (χ1v) is 8.44. The lowest BCUT2D eigenvalue weighted by molar-refractivity contribution is 0.0953. The smallest absolute Gasteiger partial charge is 0.251 e. The molecule has 2 aromatic carbocycles. The van der Waals surface area contributed by atoms with Crippen LogP contribution in [0, 0.1) is 0 Å². The number of benzene rings is 2. The molecule has 3 nitrogen and oxygen atoms in total. The van der Waals surface area contributed by atoms with Crippen LogP contribution in [0.4, 0.5) is 0 Å². The third-order valence-corrected chi connectivity index (χ3v) is 3.27. The van der Waals surface area contributed by atoms with Gasteiger partial charge in [0.15, 0.2) is 0 Å². The highest BCUT2D eigenvalue weighted by Gasteiger charge is 2.02. The normalized spacial score (nSPS) is 9.65. The molecule has 0 saturated heterocycles. The molecule has 0 aliphatic carbocycles. The van der Waals surface area contributed by atoms with Crippen molar-refractivity contribution in [1.82, 2.24) is 10.6 Å². The van der Waals surface area contributed by atoms with E-state index in [-0.39, 0.29) is 7.33 Å². The van der Waals surface area contributed by atoms with Crippen LogP contribution in [0.5, 0.6) is 0 Å². The van der Waals surface area contributed by atoms with Gasteiger partial charge in [-0.2, -0.15) is 0 Å². The summed E-state index contributed by atoms with van der Waals surface area (Å²) >= 11 is 0. The summed E-state index contributed by atoms with van der Waals surface area (Å²) in [5.41, 5.74) is 2.02. The maximum absolute atomic E-state index is 11.8. The van der Waals surface area contributed by atoms with E-state index in [9.17, 15) is 4.79 Å². The van der Waals surface area contributed by atoms with Gasteiger partial charge in [0.25, 0.3) is 5.91 Å². The number of nitrogens with one attached hydrogen (secondary N) is 2. The number of amides is 1. The summed E-state index contributed by atoms with van der Waals surface area (Å²) in [5, 5.41) is 6.35. The maximum atomic E-state index is 11.8. The van der Waals surface area contributed by atoms with Crippen LogP contribution in [0.3, 0.4) is 0 Å². The zero-order valence-corrected chi connectivity index (χ0v) is 14.2. The van der Waals surface area contributed by atoms with Crippen LogP contribution in [0.15, 0.2) is 60.7 Å². The summed E-state index contributed by atoms with van der Waals surface area (Å²) in [5.74, 6) is 0.00726. The fourth-order valence-corrected chi connectivity index (χ4v) is 2.10. The minimum atomic E-state index is 0. The van der Waals surface area contributed by atoms with Gasteiger partial charge in [-0.15, -0.1) is 0 Å². The van der Waals surface area contributed by atoms with Gasteiger partial charge < -0.3 is 10.6 Å². The summed E-state index contributed by atoms with van der Waals surface area (Å²) in [7, 11) is 0. The molecule has 0 radical (unpaired) electrons. The van der Waals surface area contributed by atoms with Crippen molar-refractivity contribution in [2.24, 2.45) is 0 Å². The third kappa shape index (κ3) is 8.17. The fourth-order valence-electron chi connectivity index (χ4n) is 2.10. The third-order valence-electron chi connectivity index (χ3n) is 3.27. The van der Waals surface area contributed by atoms with Crippen LogP contribution in [0.2, 0.25) is 0 Å². The predicted molar refractivity (Wildman–Crippen MR) is 99.6 cm³/mol. The van der Waals surface area contributed by atoms with E-state index in [1.165, 1.54) is 5.56 Å². The van der Waals surface area contributed by atoms with Gasteiger partial charge in [0, 0.05) is 20.1 Å². The molecule has 0 fully saturated rings. The summed E-state index contributed by atoms with van der Waals surface area (Å²) < 4.78 is 0. The average molecular weight is 314 g/mol.